The van der Waals surface area contributed by atoms with Gasteiger partial charge in [-0.3, -0.25) is 14.6 Å². The standard InChI is InChI=1S/C25H22BrN5O/c1-15-8-19(10-21(26)9-15)16(2)31-7-6-18(12-24(31)32)17-4-5-23-22(11-17)25(29-28-23)20-13-27-30(3)14-20/h4-14,16H,1-3H3,(H,28,29). The average Bonchev–Trinajstić information content (AvgIpc) is 3.37. The molecule has 0 aliphatic heterocycles. The number of pyridine rings is 1. The minimum absolute atomic E-state index is 0.0348. The van der Waals surface area contributed by atoms with Crippen LogP contribution in [0.1, 0.15) is 24.1 Å². The zero-order valence-corrected chi connectivity index (χ0v) is 19.6. The van der Waals surface area contributed by atoms with E-state index in [1.54, 1.807) is 21.5 Å². The van der Waals surface area contributed by atoms with Crippen molar-refractivity contribution in [1.29, 1.82) is 0 Å². The summed E-state index contributed by atoms with van der Waals surface area (Å²) in [6.07, 6.45) is 5.61. The number of hydrogen-bond donors (Lipinski definition) is 1. The third-order valence-corrected chi connectivity index (χ3v) is 6.24. The minimum atomic E-state index is -0.0683. The molecule has 0 saturated carbocycles. The van der Waals surface area contributed by atoms with Crippen molar-refractivity contribution in [2.24, 2.45) is 7.05 Å². The summed E-state index contributed by atoms with van der Waals surface area (Å²) in [5, 5.41) is 12.8. The first-order valence-corrected chi connectivity index (χ1v) is 11.1. The molecule has 0 bridgehead atoms. The van der Waals surface area contributed by atoms with Gasteiger partial charge in [-0.25, -0.2) is 0 Å². The fourth-order valence-corrected chi connectivity index (χ4v) is 4.74. The molecule has 32 heavy (non-hydrogen) atoms. The highest BCUT2D eigenvalue weighted by Crippen LogP contribution is 2.30. The van der Waals surface area contributed by atoms with Gasteiger partial charge in [0.05, 0.1) is 17.8 Å². The van der Waals surface area contributed by atoms with Crippen LogP contribution >= 0.6 is 15.9 Å². The van der Waals surface area contributed by atoms with Crippen molar-refractivity contribution in [1.82, 2.24) is 24.5 Å². The molecule has 160 valence electrons. The van der Waals surface area contributed by atoms with Crippen molar-refractivity contribution in [3.63, 3.8) is 0 Å². The highest BCUT2D eigenvalue weighted by molar-refractivity contribution is 9.10. The topological polar surface area (TPSA) is 68.5 Å². The van der Waals surface area contributed by atoms with Gasteiger partial charge in [0.2, 0.25) is 0 Å². The van der Waals surface area contributed by atoms with Gasteiger partial charge in [-0.2, -0.15) is 10.2 Å². The van der Waals surface area contributed by atoms with E-state index in [1.165, 1.54) is 0 Å². The van der Waals surface area contributed by atoms with E-state index in [4.69, 9.17) is 0 Å². The van der Waals surface area contributed by atoms with Crippen LogP contribution in [-0.4, -0.2) is 24.5 Å². The summed E-state index contributed by atoms with van der Waals surface area (Å²) in [5.41, 5.74) is 6.80. The third kappa shape index (κ3) is 3.69. The van der Waals surface area contributed by atoms with Crippen LogP contribution in [-0.2, 0) is 7.05 Å². The second-order valence-electron chi connectivity index (χ2n) is 8.13. The van der Waals surface area contributed by atoms with Gasteiger partial charge < -0.3 is 4.57 Å². The van der Waals surface area contributed by atoms with Crippen molar-refractivity contribution in [3.8, 4) is 22.4 Å². The zero-order valence-electron chi connectivity index (χ0n) is 18.0. The molecule has 1 unspecified atom stereocenters. The normalized spacial score (nSPS) is 12.4. The second-order valence-corrected chi connectivity index (χ2v) is 9.05. The lowest BCUT2D eigenvalue weighted by Crippen LogP contribution is -2.22. The number of nitrogens with zero attached hydrogens (tertiary/aromatic N) is 4. The fourth-order valence-electron chi connectivity index (χ4n) is 4.11. The molecule has 0 aliphatic carbocycles. The SMILES string of the molecule is Cc1cc(Br)cc(C(C)n2ccc(-c3ccc4[nH]nc(-c5cnn(C)c5)c4c3)cc2=O)c1. The quantitative estimate of drug-likeness (QED) is 0.365. The summed E-state index contributed by atoms with van der Waals surface area (Å²) in [7, 11) is 1.88. The summed E-state index contributed by atoms with van der Waals surface area (Å²) >= 11 is 3.55. The van der Waals surface area contributed by atoms with Gasteiger partial charge in [-0.1, -0.05) is 28.1 Å². The lowest BCUT2D eigenvalue weighted by molar-refractivity contribution is 0.614. The second kappa shape index (κ2) is 7.91. The Morgan fingerprint density at radius 3 is 2.56 bits per heavy atom. The van der Waals surface area contributed by atoms with Crippen molar-refractivity contribution in [3.05, 3.63) is 93.1 Å². The molecule has 0 spiro atoms. The average molecular weight is 488 g/mol. The van der Waals surface area contributed by atoms with Crippen molar-refractivity contribution >= 4 is 26.8 Å². The molecule has 3 aromatic heterocycles. The number of H-pyrrole nitrogens is 1. The Hall–Kier alpha value is -3.45. The Morgan fingerprint density at radius 2 is 1.84 bits per heavy atom. The predicted molar refractivity (Wildman–Crippen MR) is 131 cm³/mol. The number of benzene rings is 2. The van der Waals surface area contributed by atoms with Gasteiger partial charge in [-0.15, -0.1) is 0 Å². The number of aryl methyl sites for hydroxylation is 2. The van der Waals surface area contributed by atoms with Crippen LogP contribution in [0.4, 0.5) is 0 Å². The summed E-state index contributed by atoms with van der Waals surface area (Å²) in [5.74, 6) is 0. The largest absolute Gasteiger partial charge is 0.308 e. The van der Waals surface area contributed by atoms with Gasteiger partial charge in [-0.05, 0) is 66.4 Å². The number of halogens is 1. The molecule has 1 N–H and O–H groups in total. The summed E-state index contributed by atoms with van der Waals surface area (Å²) < 4.78 is 4.54. The molecule has 5 aromatic rings. The van der Waals surface area contributed by atoms with Crippen LogP contribution < -0.4 is 5.56 Å². The van der Waals surface area contributed by atoms with E-state index in [9.17, 15) is 4.79 Å². The van der Waals surface area contributed by atoms with E-state index in [-0.39, 0.29) is 11.6 Å². The maximum atomic E-state index is 13.0. The molecular weight excluding hydrogens is 466 g/mol. The molecule has 6 nitrogen and oxygen atoms in total. The number of aromatic nitrogens is 5. The maximum Gasteiger partial charge on any atom is 0.251 e. The molecule has 7 heteroatoms. The Kier molecular flexibility index (Phi) is 5.06. The Balaban J connectivity index is 1.53. The molecule has 3 heterocycles. The summed E-state index contributed by atoms with van der Waals surface area (Å²) in [6.45, 7) is 4.10. The number of rotatable bonds is 4. The maximum absolute atomic E-state index is 13.0. The first kappa shape index (κ1) is 20.5. The smallest absolute Gasteiger partial charge is 0.251 e. The molecule has 0 amide bonds. The molecule has 0 aliphatic rings. The number of hydrogen-bond acceptors (Lipinski definition) is 3. The first-order valence-electron chi connectivity index (χ1n) is 10.4. The van der Waals surface area contributed by atoms with Crippen LogP contribution in [0.25, 0.3) is 33.3 Å². The van der Waals surface area contributed by atoms with Crippen LogP contribution in [0.2, 0.25) is 0 Å². The molecule has 0 radical (unpaired) electrons. The molecule has 5 rings (SSSR count). The Labute approximate surface area is 193 Å². The van der Waals surface area contributed by atoms with Gasteiger partial charge in [0, 0.05) is 40.9 Å². The Morgan fingerprint density at radius 1 is 1.03 bits per heavy atom. The van der Waals surface area contributed by atoms with E-state index in [2.05, 4.69) is 62.4 Å². The van der Waals surface area contributed by atoms with Crippen LogP contribution in [0.5, 0.6) is 0 Å². The monoisotopic (exact) mass is 487 g/mol. The van der Waals surface area contributed by atoms with Crippen LogP contribution in [0, 0.1) is 6.92 Å². The van der Waals surface area contributed by atoms with Gasteiger partial charge >= 0.3 is 0 Å². The predicted octanol–water partition coefficient (Wildman–Crippen LogP) is 5.47. The molecule has 1 atom stereocenters. The fraction of sp³-hybridized carbons (Fsp3) is 0.160. The number of fused-ring (bicyclic) bond motifs is 1. The van der Waals surface area contributed by atoms with Gasteiger partial charge in [0.25, 0.3) is 5.56 Å². The van der Waals surface area contributed by atoms with Crippen molar-refractivity contribution < 1.29 is 0 Å². The molecule has 2 aromatic carbocycles. The highest BCUT2D eigenvalue weighted by atomic mass is 79.9. The van der Waals surface area contributed by atoms with E-state index < -0.39 is 0 Å². The number of nitrogens with one attached hydrogen (secondary N) is 1. The first-order chi connectivity index (χ1) is 15.4. The minimum Gasteiger partial charge on any atom is -0.308 e. The van der Waals surface area contributed by atoms with E-state index in [0.29, 0.717) is 0 Å². The summed E-state index contributed by atoms with van der Waals surface area (Å²) in [4.78, 5) is 13.0. The molecular formula is C25H22BrN5O. The summed E-state index contributed by atoms with van der Waals surface area (Å²) in [6, 6.07) is 15.9. The van der Waals surface area contributed by atoms with Crippen molar-refractivity contribution in [2.45, 2.75) is 19.9 Å². The van der Waals surface area contributed by atoms with E-state index >= 15 is 0 Å². The zero-order chi connectivity index (χ0) is 22.4. The van der Waals surface area contributed by atoms with Crippen LogP contribution in [0.3, 0.4) is 0 Å². The Bertz CT molecular complexity index is 1490. The lowest BCUT2D eigenvalue weighted by Gasteiger charge is -2.17. The lowest BCUT2D eigenvalue weighted by atomic mass is 10.0. The number of aromatic amines is 1. The van der Waals surface area contributed by atoms with Gasteiger partial charge in [0.1, 0.15) is 5.69 Å². The van der Waals surface area contributed by atoms with Crippen LogP contribution in [0.15, 0.2) is 76.4 Å². The molecule has 0 fully saturated rings. The van der Waals surface area contributed by atoms with Gasteiger partial charge in [0.15, 0.2) is 0 Å². The third-order valence-electron chi connectivity index (χ3n) is 5.79. The van der Waals surface area contributed by atoms with E-state index in [1.807, 2.05) is 44.6 Å². The van der Waals surface area contributed by atoms with E-state index in [0.717, 1.165) is 48.9 Å². The molecule has 0 saturated heterocycles. The van der Waals surface area contributed by atoms with Crippen molar-refractivity contribution in [2.75, 3.05) is 0 Å². The highest BCUT2D eigenvalue weighted by Gasteiger charge is 2.14.